The quantitative estimate of drug-likeness (QED) is 0.728. The van der Waals surface area contributed by atoms with Gasteiger partial charge in [-0.3, -0.25) is 4.57 Å². The highest BCUT2D eigenvalue weighted by Crippen LogP contribution is 2.43. The molecule has 21 heavy (non-hydrogen) atoms. The number of hydrogen-bond acceptors (Lipinski definition) is 6. The van der Waals surface area contributed by atoms with Crippen molar-refractivity contribution in [2.75, 3.05) is 12.3 Å². The lowest BCUT2D eigenvalue weighted by Gasteiger charge is -2.24. The molecule has 114 valence electrons. The van der Waals surface area contributed by atoms with Crippen LogP contribution in [-0.4, -0.2) is 49.2 Å². The van der Waals surface area contributed by atoms with Crippen LogP contribution in [0.1, 0.15) is 13.2 Å². The van der Waals surface area contributed by atoms with E-state index in [0.29, 0.717) is 0 Å². The minimum atomic E-state index is -2.23. The SMILES string of the molecule is C[C@@]1(F)[C@H](O)[C@@H](CO)O[C@@H]1n1cc(F)c2c(N)ncnc21. The number of fused-ring (bicyclic) bond motifs is 1. The number of alkyl halides is 1. The Morgan fingerprint density at radius 2 is 2.24 bits per heavy atom. The first-order valence-corrected chi connectivity index (χ1v) is 6.27. The molecule has 2 aromatic rings. The van der Waals surface area contributed by atoms with Crippen molar-refractivity contribution in [2.45, 2.75) is 31.0 Å². The summed E-state index contributed by atoms with van der Waals surface area (Å²) in [5.41, 5.74) is 3.41. The highest BCUT2D eigenvalue weighted by molar-refractivity contribution is 5.86. The Balaban J connectivity index is 2.15. The van der Waals surface area contributed by atoms with Crippen LogP contribution in [0, 0.1) is 5.82 Å². The third-order valence-corrected chi connectivity index (χ3v) is 3.74. The zero-order chi connectivity index (χ0) is 15.4. The van der Waals surface area contributed by atoms with E-state index in [9.17, 15) is 13.9 Å². The minimum Gasteiger partial charge on any atom is -0.394 e. The monoisotopic (exact) mass is 300 g/mol. The van der Waals surface area contributed by atoms with E-state index in [1.165, 1.54) is 0 Å². The van der Waals surface area contributed by atoms with Crippen LogP contribution in [0.2, 0.25) is 0 Å². The molecule has 0 amide bonds. The fraction of sp³-hybridized carbons (Fsp3) is 0.500. The van der Waals surface area contributed by atoms with Gasteiger partial charge in [0.1, 0.15) is 24.4 Å². The number of rotatable bonds is 2. The molecule has 3 rings (SSSR count). The number of aromatic nitrogens is 3. The van der Waals surface area contributed by atoms with Crippen LogP contribution in [0.4, 0.5) is 14.6 Å². The average Bonchev–Trinajstić information content (AvgIpc) is 2.87. The molecule has 0 spiro atoms. The molecule has 0 saturated carbocycles. The lowest BCUT2D eigenvalue weighted by molar-refractivity contribution is -0.0566. The van der Waals surface area contributed by atoms with Crippen molar-refractivity contribution in [3.05, 3.63) is 18.3 Å². The summed E-state index contributed by atoms with van der Waals surface area (Å²) >= 11 is 0. The molecule has 0 aromatic carbocycles. The molecule has 0 aliphatic carbocycles. The highest BCUT2D eigenvalue weighted by Gasteiger charge is 2.55. The van der Waals surface area contributed by atoms with E-state index in [2.05, 4.69) is 9.97 Å². The lowest BCUT2D eigenvalue weighted by atomic mass is 9.98. The van der Waals surface area contributed by atoms with Gasteiger partial charge in [0.15, 0.2) is 23.4 Å². The van der Waals surface area contributed by atoms with E-state index >= 15 is 0 Å². The van der Waals surface area contributed by atoms with Crippen LogP contribution in [-0.2, 0) is 4.74 Å². The number of aliphatic hydroxyl groups is 2. The van der Waals surface area contributed by atoms with Gasteiger partial charge in [-0.1, -0.05) is 0 Å². The maximum atomic E-state index is 14.7. The zero-order valence-corrected chi connectivity index (χ0v) is 11.1. The van der Waals surface area contributed by atoms with E-state index in [4.69, 9.17) is 15.6 Å². The summed E-state index contributed by atoms with van der Waals surface area (Å²) in [6.07, 6.45) is -1.88. The van der Waals surface area contributed by atoms with Gasteiger partial charge in [-0.15, -0.1) is 0 Å². The summed E-state index contributed by atoms with van der Waals surface area (Å²) in [5.74, 6) is -0.793. The van der Waals surface area contributed by atoms with Crippen LogP contribution < -0.4 is 5.73 Å². The van der Waals surface area contributed by atoms with Gasteiger partial charge in [-0.2, -0.15) is 0 Å². The van der Waals surface area contributed by atoms with Gasteiger partial charge in [0.25, 0.3) is 0 Å². The second kappa shape index (κ2) is 4.58. The maximum absolute atomic E-state index is 14.7. The fourth-order valence-electron chi connectivity index (χ4n) is 2.60. The number of anilines is 1. The van der Waals surface area contributed by atoms with Crippen molar-refractivity contribution >= 4 is 16.9 Å². The Kier molecular flexibility index (Phi) is 3.08. The second-order valence-corrected chi connectivity index (χ2v) is 5.15. The zero-order valence-electron chi connectivity index (χ0n) is 11.1. The van der Waals surface area contributed by atoms with Crippen molar-refractivity contribution < 1.29 is 23.7 Å². The van der Waals surface area contributed by atoms with Gasteiger partial charge < -0.3 is 20.7 Å². The van der Waals surface area contributed by atoms with Crippen LogP contribution in [0.15, 0.2) is 12.5 Å². The Labute approximate surface area is 118 Å². The second-order valence-electron chi connectivity index (χ2n) is 5.15. The van der Waals surface area contributed by atoms with Gasteiger partial charge in [0.2, 0.25) is 0 Å². The molecule has 1 saturated heterocycles. The molecule has 0 bridgehead atoms. The van der Waals surface area contributed by atoms with Gasteiger partial charge in [0, 0.05) is 6.20 Å². The molecule has 2 aromatic heterocycles. The Morgan fingerprint density at radius 3 is 2.86 bits per heavy atom. The molecule has 3 heterocycles. The molecule has 0 unspecified atom stereocenters. The predicted molar refractivity (Wildman–Crippen MR) is 68.4 cm³/mol. The number of halogens is 2. The highest BCUT2D eigenvalue weighted by atomic mass is 19.1. The largest absolute Gasteiger partial charge is 0.394 e. The molecule has 1 aliphatic rings. The Bertz CT molecular complexity index is 690. The smallest absolute Gasteiger partial charge is 0.181 e. The molecule has 9 heteroatoms. The molecule has 0 radical (unpaired) electrons. The average molecular weight is 300 g/mol. The van der Waals surface area contributed by atoms with Crippen molar-refractivity contribution in [1.82, 2.24) is 14.5 Å². The number of nitrogens with two attached hydrogens (primary N) is 1. The summed E-state index contributed by atoms with van der Waals surface area (Å²) in [6.45, 7) is 0.558. The topological polar surface area (TPSA) is 106 Å². The van der Waals surface area contributed by atoms with Crippen molar-refractivity contribution in [3.8, 4) is 0 Å². The summed E-state index contributed by atoms with van der Waals surface area (Å²) in [7, 11) is 0. The summed E-state index contributed by atoms with van der Waals surface area (Å²) in [6, 6.07) is 0. The van der Waals surface area contributed by atoms with Gasteiger partial charge in [-0.05, 0) is 6.92 Å². The molecule has 4 N–H and O–H groups in total. The molecule has 4 atom stereocenters. The molecule has 1 aliphatic heterocycles. The molecule has 7 nitrogen and oxygen atoms in total. The lowest BCUT2D eigenvalue weighted by Crippen LogP contribution is -2.40. The number of nitrogens with zero attached hydrogens (tertiary/aromatic N) is 3. The normalized spacial score (nSPS) is 32.9. The van der Waals surface area contributed by atoms with Crippen LogP contribution >= 0.6 is 0 Å². The summed E-state index contributed by atoms with van der Waals surface area (Å²) < 4.78 is 35.1. The Morgan fingerprint density at radius 1 is 1.52 bits per heavy atom. The number of nitrogen functional groups attached to an aromatic ring is 1. The predicted octanol–water partition coefficient (Wildman–Crippen LogP) is 0.131. The maximum Gasteiger partial charge on any atom is 0.181 e. The van der Waals surface area contributed by atoms with E-state index in [1.807, 2.05) is 0 Å². The molecule has 1 fully saturated rings. The van der Waals surface area contributed by atoms with Crippen molar-refractivity contribution in [2.24, 2.45) is 0 Å². The first-order valence-electron chi connectivity index (χ1n) is 6.27. The van der Waals surface area contributed by atoms with Gasteiger partial charge in [-0.25, -0.2) is 18.7 Å². The van der Waals surface area contributed by atoms with Crippen LogP contribution in [0.5, 0.6) is 0 Å². The first-order chi connectivity index (χ1) is 9.87. The molecular weight excluding hydrogens is 286 g/mol. The minimum absolute atomic E-state index is 0.0427. The Hall–Kier alpha value is -1.84. The standard InChI is InChI=1S/C12H14F2N4O3/c1-12(14)8(20)6(3-19)21-11(12)18-2-5(13)7-9(15)16-4-17-10(7)18/h2,4,6,8,11,19-20H,3H2,1H3,(H2,15,16,17)/t6-,8-,11+,12-/m1/s1. The van der Waals surface area contributed by atoms with Crippen LogP contribution in [0.25, 0.3) is 11.0 Å². The molecular formula is C12H14F2N4O3. The van der Waals surface area contributed by atoms with E-state index in [0.717, 1.165) is 24.0 Å². The van der Waals surface area contributed by atoms with Crippen molar-refractivity contribution in [3.63, 3.8) is 0 Å². The number of ether oxygens (including phenoxy) is 1. The third-order valence-electron chi connectivity index (χ3n) is 3.74. The van der Waals surface area contributed by atoms with Crippen molar-refractivity contribution in [1.29, 1.82) is 0 Å². The van der Waals surface area contributed by atoms with Gasteiger partial charge in [0.05, 0.1) is 12.0 Å². The van der Waals surface area contributed by atoms with E-state index in [-0.39, 0.29) is 16.9 Å². The van der Waals surface area contributed by atoms with Crippen LogP contribution in [0.3, 0.4) is 0 Å². The van der Waals surface area contributed by atoms with E-state index in [1.54, 1.807) is 0 Å². The van der Waals surface area contributed by atoms with Gasteiger partial charge >= 0.3 is 0 Å². The first kappa shape index (κ1) is 14.1. The summed E-state index contributed by atoms with van der Waals surface area (Å²) in [5, 5.41) is 18.9. The number of aliphatic hydroxyl groups excluding tert-OH is 2. The third kappa shape index (κ3) is 1.88. The summed E-state index contributed by atoms with van der Waals surface area (Å²) in [4.78, 5) is 7.57. The fourth-order valence-corrected chi connectivity index (χ4v) is 2.60. The number of hydrogen-bond donors (Lipinski definition) is 3. The van der Waals surface area contributed by atoms with E-state index < -0.39 is 36.5 Å².